The van der Waals surface area contributed by atoms with Gasteiger partial charge < -0.3 is 10.1 Å². The predicted molar refractivity (Wildman–Crippen MR) is 92.1 cm³/mol. The normalized spacial score (nSPS) is 14.0. The lowest BCUT2D eigenvalue weighted by molar-refractivity contribution is 0.366. The average Bonchev–Trinajstić information content (AvgIpc) is 3.20. The molecule has 0 atom stereocenters. The molecule has 0 saturated heterocycles. The Hall–Kier alpha value is -2.30. The van der Waals surface area contributed by atoms with E-state index in [0.717, 1.165) is 37.6 Å². The summed E-state index contributed by atoms with van der Waals surface area (Å²) in [5.74, 6) is 2.47. The first-order valence-corrected chi connectivity index (χ1v) is 8.20. The third kappa shape index (κ3) is 4.12. The lowest BCUT2D eigenvalue weighted by Gasteiger charge is -2.17. The third-order valence-electron chi connectivity index (χ3n) is 3.84. The molecule has 0 radical (unpaired) electrons. The summed E-state index contributed by atoms with van der Waals surface area (Å²) in [5.41, 5.74) is 2.54. The molecule has 5 nitrogen and oxygen atoms in total. The molecule has 5 heteroatoms. The van der Waals surface area contributed by atoms with Gasteiger partial charge in [-0.25, -0.2) is 0 Å². The largest absolute Gasteiger partial charge is 0.485 e. The van der Waals surface area contributed by atoms with Crippen molar-refractivity contribution in [2.24, 2.45) is 10.9 Å². The Morgan fingerprint density at radius 2 is 2.22 bits per heavy atom. The molecule has 0 aliphatic carbocycles. The highest BCUT2D eigenvalue weighted by Crippen LogP contribution is 2.26. The second-order valence-electron chi connectivity index (χ2n) is 6.24. The van der Waals surface area contributed by atoms with E-state index < -0.39 is 0 Å². The van der Waals surface area contributed by atoms with Crippen molar-refractivity contribution in [3.05, 3.63) is 47.8 Å². The molecule has 23 heavy (non-hydrogen) atoms. The number of aliphatic imine (C=N–C) groups is 1. The van der Waals surface area contributed by atoms with Crippen LogP contribution in [0.25, 0.3) is 0 Å². The van der Waals surface area contributed by atoms with Gasteiger partial charge in [-0.3, -0.25) is 9.67 Å². The van der Waals surface area contributed by atoms with E-state index in [1.807, 2.05) is 23.1 Å². The molecule has 0 fully saturated rings. The SMILES string of the molecule is CC(C)Cc1c(Cn2cccn2)cccc1OCC1=NCCN1. The number of hydrogen-bond donors (Lipinski definition) is 1. The van der Waals surface area contributed by atoms with Crippen molar-refractivity contribution < 1.29 is 4.74 Å². The summed E-state index contributed by atoms with van der Waals surface area (Å²) in [7, 11) is 0. The van der Waals surface area contributed by atoms with Gasteiger partial charge in [0.2, 0.25) is 0 Å². The van der Waals surface area contributed by atoms with Crippen LogP contribution < -0.4 is 10.1 Å². The fraction of sp³-hybridized carbons (Fsp3) is 0.444. The molecule has 0 unspecified atom stereocenters. The topological polar surface area (TPSA) is 51.4 Å². The van der Waals surface area contributed by atoms with Gasteiger partial charge in [0, 0.05) is 18.9 Å². The minimum atomic E-state index is 0.510. The van der Waals surface area contributed by atoms with E-state index in [-0.39, 0.29) is 0 Å². The van der Waals surface area contributed by atoms with Crippen molar-refractivity contribution in [3.63, 3.8) is 0 Å². The molecular formula is C18H24N4O. The summed E-state index contributed by atoms with van der Waals surface area (Å²) in [6, 6.07) is 8.23. The second-order valence-corrected chi connectivity index (χ2v) is 6.24. The van der Waals surface area contributed by atoms with Crippen molar-refractivity contribution in [1.82, 2.24) is 15.1 Å². The summed E-state index contributed by atoms with van der Waals surface area (Å²) in [6.45, 7) is 7.50. The fourth-order valence-electron chi connectivity index (χ4n) is 2.79. The molecule has 1 aliphatic heterocycles. The summed E-state index contributed by atoms with van der Waals surface area (Å²) < 4.78 is 8.01. The van der Waals surface area contributed by atoms with Gasteiger partial charge in [0.1, 0.15) is 18.2 Å². The minimum absolute atomic E-state index is 0.510. The highest BCUT2D eigenvalue weighted by molar-refractivity contribution is 5.85. The first-order valence-electron chi connectivity index (χ1n) is 8.20. The zero-order valence-electron chi connectivity index (χ0n) is 13.8. The van der Waals surface area contributed by atoms with Gasteiger partial charge in [-0.1, -0.05) is 26.0 Å². The van der Waals surface area contributed by atoms with Gasteiger partial charge in [0.15, 0.2) is 0 Å². The van der Waals surface area contributed by atoms with Crippen LogP contribution in [0.4, 0.5) is 0 Å². The van der Waals surface area contributed by atoms with Gasteiger partial charge in [0.25, 0.3) is 0 Å². The molecule has 0 spiro atoms. The van der Waals surface area contributed by atoms with Crippen LogP contribution in [0, 0.1) is 5.92 Å². The van der Waals surface area contributed by atoms with Gasteiger partial charge in [-0.2, -0.15) is 5.10 Å². The van der Waals surface area contributed by atoms with Crippen LogP contribution >= 0.6 is 0 Å². The summed E-state index contributed by atoms with van der Waals surface area (Å²) in [6.07, 6.45) is 4.79. The van der Waals surface area contributed by atoms with E-state index in [1.54, 1.807) is 0 Å². The summed E-state index contributed by atoms with van der Waals surface area (Å²) >= 11 is 0. The van der Waals surface area contributed by atoms with Crippen molar-refractivity contribution in [2.45, 2.75) is 26.8 Å². The number of amidine groups is 1. The molecule has 0 bridgehead atoms. The number of nitrogens with one attached hydrogen (secondary N) is 1. The maximum absolute atomic E-state index is 6.06. The first kappa shape index (κ1) is 15.6. The Kier molecular flexibility index (Phi) is 4.95. The van der Waals surface area contributed by atoms with Crippen LogP contribution in [0.2, 0.25) is 0 Å². The van der Waals surface area contributed by atoms with E-state index in [2.05, 4.69) is 47.5 Å². The van der Waals surface area contributed by atoms with E-state index in [4.69, 9.17) is 4.74 Å². The molecule has 2 aromatic rings. The Balaban J connectivity index is 1.81. The molecule has 1 N–H and O–H groups in total. The van der Waals surface area contributed by atoms with Crippen molar-refractivity contribution in [1.29, 1.82) is 0 Å². The van der Waals surface area contributed by atoms with Crippen molar-refractivity contribution >= 4 is 5.84 Å². The number of ether oxygens (including phenoxy) is 1. The Bertz CT molecular complexity index is 662. The number of hydrogen-bond acceptors (Lipinski definition) is 4. The molecule has 1 aromatic heterocycles. The second kappa shape index (κ2) is 7.31. The van der Waals surface area contributed by atoms with Gasteiger partial charge >= 0.3 is 0 Å². The van der Waals surface area contributed by atoms with Crippen LogP contribution in [-0.4, -0.2) is 35.3 Å². The number of rotatable bonds is 7. The summed E-state index contributed by atoms with van der Waals surface area (Å²) in [4.78, 5) is 4.39. The van der Waals surface area contributed by atoms with Gasteiger partial charge in [0.05, 0.1) is 13.1 Å². The monoisotopic (exact) mass is 312 g/mol. The maximum atomic E-state index is 6.06. The van der Waals surface area contributed by atoms with Crippen molar-refractivity contribution in [3.8, 4) is 5.75 Å². The molecule has 1 aromatic carbocycles. The molecule has 0 saturated carbocycles. The predicted octanol–water partition coefficient (Wildman–Crippen LogP) is 2.51. The zero-order chi connectivity index (χ0) is 16.1. The van der Waals surface area contributed by atoms with Crippen molar-refractivity contribution in [2.75, 3.05) is 19.7 Å². The van der Waals surface area contributed by atoms with E-state index in [0.29, 0.717) is 12.5 Å². The zero-order valence-corrected chi connectivity index (χ0v) is 13.8. The standard InChI is InChI=1S/C18H24N4O/c1-14(2)11-16-15(12-22-10-4-7-21-22)5-3-6-17(16)23-13-18-19-8-9-20-18/h3-7,10,14H,8-9,11-13H2,1-2H3,(H,19,20). The molecule has 3 rings (SSSR count). The first-order chi connectivity index (χ1) is 11.2. The Morgan fingerprint density at radius 1 is 1.30 bits per heavy atom. The van der Waals surface area contributed by atoms with Gasteiger partial charge in [-0.15, -0.1) is 0 Å². The maximum Gasteiger partial charge on any atom is 0.145 e. The smallest absolute Gasteiger partial charge is 0.145 e. The highest BCUT2D eigenvalue weighted by Gasteiger charge is 2.13. The highest BCUT2D eigenvalue weighted by atomic mass is 16.5. The fourth-order valence-corrected chi connectivity index (χ4v) is 2.79. The minimum Gasteiger partial charge on any atom is -0.485 e. The lowest BCUT2D eigenvalue weighted by Crippen LogP contribution is -2.25. The molecule has 122 valence electrons. The number of nitrogens with zero attached hydrogens (tertiary/aromatic N) is 3. The van der Waals surface area contributed by atoms with E-state index in [9.17, 15) is 0 Å². The molecule has 0 amide bonds. The Morgan fingerprint density at radius 3 is 2.91 bits per heavy atom. The van der Waals surface area contributed by atoms with Crippen LogP contribution in [0.15, 0.2) is 41.7 Å². The molecule has 2 heterocycles. The quantitative estimate of drug-likeness (QED) is 0.854. The van der Waals surface area contributed by atoms with Gasteiger partial charge in [-0.05, 0) is 35.6 Å². The Labute approximate surface area is 137 Å². The molecule has 1 aliphatic rings. The average molecular weight is 312 g/mol. The van der Waals surface area contributed by atoms with Crippen LogP contribution in [0.5, 0.6) is 5.75 Å². The number of aromatic nitrogens is 2. The number of benzene rings is 1. The van der Waals surface area contributed by atoms with Crippen LogP contribution in [0.1, 0.15) is 25.0 Å². The van der Waals surface area contributed by atoms with Crippen LogP contribution in [-0.2, 0) is 13.0 Å². The van der Waals surface area contributed by atoms with E-state index in [1.165, 1.54) is 11.1 Å². The van der Waals surface area contributed by atoms with E-state index >= 15 is 0 Å². The van der Waals surface area contributed by atoms with Crippen LogP contribution in [0.3, 0.4) is 0 Å². The third-order valence-corrected chi connectivity index (χ3v) is 3.84. The lowest BCUT2D eigenvalue weighted by atomic mass is 9.97. The summed E-state index contributed by atoms with van der Waals surface area (Å²) in [5, 5.41) is 7.57. The molecular weight excluding hydrogens is 288 g/mol.